The number of nitrogens with zero attached hydrogens (tertiary/aromatic N) is 2. The maximum absolute atomic E-state index is 12.4. The van der Waals surface area contributed by atoms with Crippen LogP contribution in [0.5, 0.6) is 0 Å². The summed E-state index contributed by atoms with van der Waals surface area (Å²) in [7, 11) is 0. The molecule has 2 rings (SSSR count). The van der Waals surface area contributed by atoms with Gasteiger partial charge in [0.15, 0.2) is 0 Å². The van der Waals surface area contributed by atoms with Gasteiger partial charge in [0, 0.05) is 31.4 Å². The molecule has 1 amide bonds. The Kier molecular flexibility index (Phi) is 4.31. The highest BCUT2D eigenvalue weighted by Crippen LogP contribution is 2.20. The normalized spacial score (nSPS) is 19.9. The van der Waals surface area contributed by atoms with Gasteiger partial charge in [-0.25, -0.2) is 0 Å². The number of hydrogen-bond donors (Lipinski definition) is 1. The van der Waals surface area contributed by atoms with Crippen molar-refractivity contribution in [2.75, 3.05) is 13.1 Å². The summed E-state index contributed by atoms with van der Waals surface area (Å²) >= 11 is 0. The molecular formula is C14H21N3O. The quantitative estimate of drug-likeness (QED) is 0.886. The van der Waals surface area contributed by atoms with Gasteiger partial charge < -0.3 is 10.6 Å². The number of amides is 1. The molecule has 1 aliphatic heterocycles. The zero-order chi connectivity index (χ0) is 13.0. The van der Waals surface area contributed by atoms with Gasteiger partial charge in [-0.05, 0) is 30.9 Å². The molecule has 1 atom stereocenters. The van der Waals surface area contributed by atoms with Crippen molar-refractivity contribution in [2.45, 2.75) is 32.7 Å². The third-order valence-electron chi connectivity index (χ3n) is 3.66. The van der Waals surface area contributed by atoms with E-state index in [1.807, 2.05) is 4.90 Å². The van der Waals surface area contributed by atoms with E-state index in [2.05, 4.69) is 11.9 Å². The molecular weight excluding hydrogens is 226 g/mol. The Bertz CT molecular complexity index is 419. The number of nitrogens with two attached hydrogens (primary N) is 1. The lowest BCUT2D eigenvalue weighted by molar-refractivity contribution is 0.0671. The standard InChI is InChI=1S/C14H21N3O/c1-2-11-4-3-7-17(10-11)14(18)12-5-6-16-13(8-12)9-15/h5-6,8,11H,2-4,7,9-10,15H2,1H3. The van der Waals surface area contributed by atoms with Crippen LogP contribution in [0.15, 0.2) is 18.3 Å². The van der Waals surface area contributed by atoms with Gasteiger partial charge in [0.1, 0.15) is 0 Å². The van der Waals surface area contributed by atoms with Crippen molar-refractivity contribution in [2.24, 2.45) is 11.7 Å². The topological polar surface area (TPSA) is 59.2 Å². The average molecular weight is 247 g/mol. The number of pyridine rings is 1. The van der Waals surface area contributed by atoms with E-state index in [-0.39, 0.29) is 5.91 Å². The molecule has 1 fully saturated rings. The molecule has 4 heteroatoms. The molecule has 1 saturated heterocycles. The highest BCUT2D eigenvalue weighted by Gasteiger charge is 2.23. The van der Waals surface area contributed by atoms with Crippen molar-refractivity contribution in [1.29, 1.82) is 0 Å². The van der Waals surface area contributed by atoms with Crippen molar-refractivity contribution < 1.29 is 4.79 Å². The molecule has 2 N–H and O–H groups in total. The van der Waals surface area contributed by atoms with Crippen LogP contribution in [0.1, 0.15) is 42.2 Å². The van der Waals surface area contributed by atoms with E-state index in [1.165, 1.54) is 6.42 Å². The summed E-state index contributed by atoms with van der Waals surface area (Å²) in [6.07, 6.45) is 5.16. The monoisotopic (exact) mass is 247 g/mol. The molecule has 1 aliphatic rings. The minimum atomic E-state index is 0.116. The maximum Gasteiger partial charge on any atom is 0.253 e. The van der Waals surface area contributed by atoms with Crippen molar-refractivity contribution >= 4 is 5.91 Å². The third-order valence-corrected chi connectivity index (χ3v) is 3.66. The van der Waals surface area contributed by atoms with Gasteiger partial charge in [-0.15, -0.1) is 0 Å². The molecule has 4 nitrogen and oxygen atoms in total. The van der Waals surface area contributed by atoms with Crippen LogP contribution in [0.3, 0.4) is 0 Å². The maximum atomic E-state index is 12.4. The van der Waals surface area contributed by atoms with E-state index in [0.717, 1.165) is 31.6 Å². The first-order valence-corrected chi connectivity index (χ1v) is 6.69. The molecule has 1 aromatic heterocycles. The lowest BCUT2D eigenvalue weighted by Gasteiger charge is -2.32. The second-order valence-corrected chi connectivity index (χ2v) is 4.91. The SMILES string of the molecule is CCC1CCCN(C(=O)c2ccnc(CN)c2)C1. The third kappa shape index (κ3) is 2.88. The number of aromatic nitrogens is 1. The summed E-state index contributed by atoms with van der Waals surface area (Å²) < 4.78 is 0. The first-order chi connectivity index (χ1) is 8.74. The molecule has 98 valence electrons. The number of piperidine rings is 1. The first-order valence-electron chi connectivity index (χ1n) is 6.69. The zero-order valence-corrected chi connectivity index (χ0v) is 10.9. The van der Waals surface area contributed by atoms with Gasteiger partial charge in [-0.1, -0.05) is 13.3 Å². The van der Waals surface area contributed by atoms with Gasteiger partial charge in [-0.3, -0.25) is 9.78 Å². The molecule has 1 unspecified atom stereocenters. The van der Waals surface area contributed by atoms with Crippen LogP contribution in [0, 0.1) is 5.92 Å². The number of likely N-dealkylation sites (tertiary alicyclic amines) is 1. The van der Waals surface area contributed by atoms with Crippen molar-refractivity contribution in [3.8, 4) is 0 Å². The van der Waals surface area contributed by atoms with Crippen LogP contribution in [0.25, 0.3) is 0 Å². The Balaban J connectivity index is 2.10. The van der Waals surface area contributed by atoms with Crippen LogP contribution < -0.4 is 5.73 Å². The van der Waals surface area contributed by atoms with Gasteiger partial charge in [0.05, 0.1) is 5.69 Å². The van der Waals surface area contributed by atoms with E-state index in [4.69, 9.17) is 5.73 Å². The fourth-order valence-corrected chi connectivity index (χ4v) is 2.49. The minimum absolute atomic E-state index is 0.116. The fraction of sp³-hybridized carbons (Fsp3) is 0.571. The van der Waals surface area contributed by atoms with Gasteiger partial charge >= 0.3 is 0 Å². The predicted octanol–water partition coefficient (Wildman–Crippen LogP) is 1.80. The van der Waals surface area contributed by atoms with E-state index >= 15 is 0 Å². The highest BCUT2D eigenvalue weighted by atomic mass is 16.2. The summed E-state index contributed by atoms with van der Waals surface area (Å²) in [5.74, 6) is 0.767. The molecule has 2 heterocycles. The summed E-state index contributed by atoms with van der Waals surface area (Å²) in [5.41, 5.74) is 7.03. The Labute approximate surface area is 108 Å². The summed E-state index contributed by atoms with van der Waals surface area (Å²) in [6, 6.07) is 3.58. The fourth-order valence-electron chi connectivity index (χ4n) is 2.49. The number of rotatable bonds is 3. The first kappa shape index (κ1) is 13.0. The molecule has 0 spiro atoms. The van der Waals surface area contributed by atoms with Crippen LogP contribution >= 0.6 is 0 Å². The molecule has 18 heavy (non-hydrogen) atoms. The lowest BCUT2D eigenvalue weighted by atomic mass is 9.95. The zero-order valence-electron chi connectivity index (χ0n) is 10.9. The number of carbonyl (C=O) groups excluding carboxylic acids is 1. The molecule has 0 saturated carbocycles. The van der Waals surface area contributed by atoms with Crippen molar-refractivity contribution in [1.82, 2.24) is 9.88 Å². The van der Waals surface area contributed by atoms with Crippen molar-refractivity contribution in [3.05, 3.63) is 29.6 Å². The molecule has 0 aliphatic carbocycles. The predicted molar refractivity (Wildman–Crippen MR) is 71.0 cm³/mol. The second kappa shape index (κ2) is 5.96. The van der Waals surface area contributed by atoms with Crippen LogP contribution in [-0.4, -0.2) is 28.9 Å². The van der Waals surface area contributed by atoms with Crippen LogP contribution in [-0.2, 0) is 6.54 Å². The van der Waals surface area contributed by atoms with Gasteiger partial charge in [-0.2, -0.15) is 0 Å². The number of carbonyl (C=O) groups is 1. The second-order valence-electron chi connectivity index (χ2n) is 4.91. The molecule has 0 radical (unpaired) electrons. The van der Waals surface area contributed by atoms with E-state index in [1.54, 1.807) is 18.3 Å². The van der Waals surface area contributed by atoms with Gasteiger partial charge in [0.2, 0.25) is 0 Å². The lowest BCUT2D eigenvalue weighted by Crippen LogP contribution is -2.39. The summed E-state index contributed by atoms with van der Waals surface area (Å²) in [4.78, 5) is 18.5. The highest BCUT2D eigenvalue weighted by molar-refractivity contribution is 5.94. The molecule has 0 bridgehead atoms. The minimum Gasteiger partial charge on any atom is -0.338 e. The Morgan fingerprint density at radius 2 is 2.44 bits per heavy atom. The largest absolute Gasteiger partial charge is 0.338 e. The Hall–Kier alpha value is -1.42. The Morgan fingerprint density at radius 3 is 3.17 bits per heavy atom. The van der Waals surface area contributed by atoms with Gasteiger partial charge in [0.25, 0.3) is 5.91 Å². The van der Waals surface area contributed by atoms with Crippen LogP contribution in [0.4, 0.5) is 0 Å². The van der Waals surface area contributed by atoms with E-state index < -0.39 is 0 Å². The summed E-state index contributed by atoms with van der Waals surface area (Å²) in [5, 5.41) is 0. The smallest absolute Gasteiger partial charge is 0.253 e. The van der Waals surface area contributed by atoms with Crippen LogP contribution in [0.2, 0.25) is 0 Å². The molecule has 1 aromatic rings. The average Bonchev–Trinajstić information content (AvgIpc) is 2.46. The number of hydrogen-bond acceptors (Lipinski definition) is 3. The van der Waals surface area contributed by atoms with E-state index in [0.29, 0.717) is 18.0 Å². The van der Waals surface area contributed by atoms with Crippen molar-refractivity contribution in [3.63, 3.8) is 0 Å². The van der Waals surface area contributed by atoms with E-state index in [9.17, 15) is 4.79 Å². The summed E-state index contributed by atoms with van der Waals surface area (Å²) in [6.45, 7) is 4.32. The Morgan fingerprint density at radius 1 is 1.61 bits per heavy atom. The molecule has 0 aromatic carbocycles.